The highest BCUT2D eigenvalue weighted by Gasteiger charge is 2.37. The molecule has 3 N–H and O–H groups in total. The number of anilines is 1. The number of alkyl halides is 3. The average molecular weight is 260 g/mol. The van der Waals surface area contributed by atoms with Crippen LogP contribution in [0, 0.1) is 0 Å². The van der Waals surface area contributed by atoms with Crippen molar-refractivity contribution in [2.24, 2.45) is 5.73 Å². The molecule has 2 rings (SSSR count). The van der Waals surface area contributed by atoms with Crippen molar-refractivity contribution in [1.82, 2.24) is 9.97 Å². The number of halogens is 3. The SMILES string of the molecule is CC1(Nc2cnc(C(F)(F)F)cn2)CCC[C@@H]1N. The van der Waals surface area contributed by atoms with Crippen LogP contribution in [0.3, 0.4) is 0 Å². The van der Waals surface area contributed by atoms with Gasteiger partial charge in [-0.05, 0) is 26.2 Å². The van der Waals surface area contributed by atoms with Crippen LogP contribution in [0.2, 0.25) is 0 Å². The Bertz CT molecular complexity index is 417. The summed E-state index contributed by atoms with van der Waals surface area (Å²) in [6.45, 7) is 1.95. The number of nitrogens with two attached hydrogens (primary N) is 1. The van der Waals surface area contributed by atoms with Gasteiger partial charge >= 0.3 is 6.18 Å². The summed E-state index contributed by atoms with van der Waals surface area (Å²) in [5, 5.41) is 3.08. The fourth-order valence-corrected chi connectivity index (χ4v) is 2.18. The standard InChI is InChI=1S/C11H15F3N4/c1-10(4-2-3-7(10)15)18-9-6-16-8(5-17-9)11(12,13)14/h5-7H,2-4,15H2,1H3,(H,17,18)/t7-,10?/m0/s1. The third kappa shape index (κ3) is 2.55. The van der Waals surface area contributed by atoms with Crippen molar-refractivity contribution in [1.29, 1.82) is 0 Å². The van der Waals surface area contributed by atoms with Gasteiger partial charge in [0.1, 0.15) is 5.82 Å². The van der Waals surface area contributed by atoms with Gasteiger partial charge in [-0.2, -0.15) is 13.2 Å². The van der Waals surface area contributed by atoms with Gasteiger partial charge in [0, 0.05) is 6.04 Å². The molecule has 0 spiro atoms. The predicted octanol–water partition coefficient (Wildman–Crippen LogP) is 2.18. The number of rotatable bonds is 2. The summed E-state index contributed by atoms with van der Waals surface area (Å²) >= 11 is 0. The van der Waals surface area contributed by atoms with Crippen molar-refractivity contribution in [2.45, 2.75) is 43.9 Å². The van der Waals surface area contributed by atoms with E-state index in [1.807, 2.05) is 6.92 Å². The average Bonchev–Trinajstić information content (AvgIpc) is 2.58. The van der Waals surface area contributed by atoms with Crippen molar-refractivity contribution in [3.63, 3.8) is 0 Å². The van der Waals surface area contributed by atoms with Crippen molar-refractivity contribution in [2.75, 3.05) is 5.32 Å². The number of aromatic nitrogens is 2. The second-order valence-electron chi connectivity index (χ2n) is 4.83. The molecule has 0 radical (unpaired) electrons. The van der Waals surface area contributed by atoms with E-state index in [1.165, 1.54) is 0 Å². The monoisotopic (exact) mass is 260 g/mol. The molecule has 0 saturated heterocycles. The van der Waals surface area contributed by atoms with Crippen molar-refractivity contribution >= 4 is 5.82 Å². The number of hydrogen-bond donors (Lipinski definition) is 2. The van der Waals surface area contributed by atoms with Gasteiger partial charge < -0.3 is 11.1 Å². The number of nitrogens with zero attached hydrogens (tertiary/aromatic N) is 2. The van der Waals surface area contributed by atoms with Crippen LogP contribution in [-0.2, 0) is 6.18 Å². The second kappa shape index (κ2) is 4.38. The Morgan fingerprint density at radius 3 is 2.56 bits per heavy atom. The topological polar surface area (TPSA) is 63.8 Å². The van der Waals surface area contributed by atoms with E-state index in [1.54, 1.807) is 0 Å². The minimum Gasteiger partial charge on any atom is -0.362 e. The van der Waals surface area contributed by atoms with E-state index >= 15 is 0 Å². The first-order chi connectivity index (χ1) is 8.31. The second-order valence-corrected chi connectivity index (χ2v) is 4.83. The summed E-state index contributed by atoms with van der Waals surface area (Å²) in [5.74, 6) is 0.322. The summed E-state index contributed by atoms with van der Waals surface area (Å²) in [6.07, 6.45) is 0.137. The summed E-state index contributed by atoms with van der Waals surface area (Å²) in [5.41, 5.74) is 4.65. The number of nitrogens with one attached hydrogen (secondary N) is 1. The maximum Gasteiger partial charge on any atom is 0.434 e. The molecular weight excluding hydrogens is 245 g/mol. The van der Waals surface area contributed by atoms with Crippen LogP contribution in [0.1, 0.15) is 31.9 Å². The summed E-state index contributed by atoms with van der Waals surface area (Å²) in [6, 6.07) is -0.0263. The summed E-state index contributed by atoms with van der Waals surface area (Å²) in [4.78, 5) is 7.10. The normalized spacial score (nSPS) is 28.4. The molecule has 1 unspecified atom stereocenters. The maximum atomic E-state index is 12.3. The predicted molar refractivity (Wildman–Crippen MR) is 60.9 cm³/mol. The Labute approximate surface area is 103 Å². The van der Waals surface area contributed by atoms with E-state index in [0.29, 0.717) is 5.82 Å². The van der Waals surface area contributed by atoms with E-state index in [-0.39, 0.29) is 11.6 Å². The van der Waals surface area contributed by atoms with Crippen LogP contribution in [-0.4, -0.2) is 21.5 Å². The minimum absolute atomic E-state index is 0.0263. The molecule has 18 heavy (non-hydrogen) atoms. The van der Waals surface area contributed by atoms with Gasteiger partial charge in [-0.15, -0.1) is 0 Å². The van der Waals surface area contributed by atoms with Crippen LogP contribution in [0.25, 0.3) is 0 Å². The molecular formula is C11H15F3N4. The molecule has 1 aromatic heterocycles. The molecule has 7 heteroatoms. The van der Waals surface area contributed by atoms with Crippen molar-refractivity contribution in [3.8, 4) is 0 Å². The van der Waals surface area contributed by atoms with Gasteiger partial charge in [-0.1, -0.05) is 0 Å². The Morgan fingerprint density at radius 2 is 2.11 bits per heavy atom. The lowest BCUT2D eigenvalue weighted by Gasteiger charge is -2.30. The molecule has 1 heterocycles. The van der Waals surface area contributed by atoms with E-state index < -0.39 is 11.9 Å². The summed E-state index contributed by atoms with van der Waals surface area (Å²) < 4.78 is 37.0. The van der Waals surface area contributed by atoms with Gasteiger partial charge in [-0.25, -0.2) is 9.97 Å². The van der Waals surface area contributed by atoms with Crippen LogP contribution < -0.4 is 11.1 Å². The highest BCUT2D eigenvalue weighted by Crippen LogP contribution is 2.32. The Balaban J connectivity index is 2.11. The van der Waals surface area contributed by atoms with Crippen LogP contribution in [0.15, 0.2) is 12.4 Å². The molecule has 1 saturated carbocycles. The van der Waals surface area contributed by atoms with E-state index in [4.69, 9.17) is 5.73 Å². The zero-order valence-electron chi connectivity index (χ0n) is 9.96. The Morgan fingerprint density at radius 1 is 1.39 bits per heavy atom. The molecule has 1 aromatic rings. The number of hydrogen-bond acceptors (Lipinski definition) is 4. The zero-order valence-corrected chi connectivity index (χ0v) is 9.96. The first-order valence-corrected chi connectivity index (χ1v) is 5.74. The highest BCUT2D eigenvalue weighted by molar-refractivity contribution is 5.36. The van der Waals surface area contributed by atoms with Crippen molar-refractivity contribution in [3.05, 3.63) is 18.1 Å². The van der Waals surface area contributed by atoms with E-state index in [2.05, 4.69) is 15.3 Å². The molecule has 0 amide bonds. The van der Waals surface area contributed by atoms with E-state index in [0.717, 1.165) is 31.7 Å². The molecule has 0 aromatic carbocycles. The third-order valence-corrected chi connectivity index (χ3v) is 3.39. The zero-order chi connectivity index (χ0) is 13.4. The van der Waals surface area contributed by atoms with Gasteiger partial charge in [0.05, 0.1) is 17.9 Å². The van der Waals surface area contributed by atoms with Crippen LogP contribution >= 0.6 is 0 Å². The Kier molecular flexibility index (Phi) is 3.18. The van der Waals surface area contributed by atoms with Gasteiger partial charge in [0.2, 0.25) is 0 Å². The van der Waals surface area contributed by atoms with Gasteiger partial charge in [0.15, 0.2) is 5.69 Å². The smallest absolute Gasteiger partial charge is 0.362 e. The lowest BCUT2D eigenvalue weighted by atomic mass is 9.96. The molecule has 1 fully saturated rings. The lowest BCUT2D eigenvalue weighted by Crippen LogP contribution is -2.47. The first-order valence-electron chi connectivity index (χ1n) is 5.74. The van der Waals surface area contributed by atoms with Gasteiger partial charge in [0.25, 0.3) is 0 Å². The lowest BCUT2D eigenvalue weighted by molar-refractivity contribution is -0.141. The maximum absolute atomic E-state index is 12.3. The van der Waals surface area contributed by atoms with E-state index in [9.17, 15) is 13.2 Å². The fourth-order valence-electron chi connectivity index (χ4n) is 2.18. The molecule has 0 bridgehead atoms. The third-order valence-electron chi connectivity index (χ3n) is 3.39. The van der Waals surface area contributed by atoms with Crippen LogP contribution in [0.4, 0.5) is 19.0 Å². The van der Waals surface area contributed by atoms with Crippen molar-refractivity contribution < 1.29 is 13.2 Å². The Hall–Kier alpha value is -1.37. The molecule has 2 atom stereocenters. The largest absolute Gasteiger partial charge is 0.434 e. The molecule has 1 aliphatic carbocycles. The highest BCUT2D eigenvalue weighted by atomic mass is 19.4. The fraction of sp³-hybridized carbons (Fsp3) is 0.636. The molecule has 0 aliphatic heterocycles. The summed E-state index contributed by atoms with van der Waals surface area (Å²) in [7, 11) is 0. The van der Waals surface area contributed by atoms with Crippen LogP contribution in [0.5, 0.6) is 0 Å². The quantitative estimate of drug-likeness (QED) is 0.855. The molecule has 1 aliphatic rings. The minimum atomic E-state index is -4.46. The first kappa shape index (κ1) is 13.1. The van der Waals surface area contributed by atoms with Gasteiger partial charge in [-0.3, -0.25) is 0 Å². The molecule has 100 valence electrons. The molecule has 4 nitrogen and oxygen atoms in total.